The van der Waals surface area contributed by atoms with Gasteiger partial charge in [-0.2, -0.15) is 0 Å². The molecule has 0 aliphatic heterocycles. The minimum atomic E-state index is -0.120. The summed E-state index contributed by atoms with van der Waals surface area (Å²) in [6, 6.07) is 59.7. The van der Waals surface area contributed by atoms with Crippen molar-refractivity contribution in [3.63, 3.8) is 0 Å². The Labute approximate surface area is 326 Å². The van der Waals surface area contributed by atoms with E-state index in [4.69, 9.17) is 9.97 Å². The van der Waals surface area contributed by atoms with Gasteiger partial charge < -0.3 is 0 Å². The van der Waals surface area contributed by atoms with Gasteiger partial charge in [-0.1, -0.05) is 141 Å². The molecular weight excluding hydrogens is 679 g/mol. The van der Waals surface area contributed by atoms with Gasteiger partial charge in [-0.25, -0.2) is 9.97 Å². The predicted octanol–water partition coefficient (Wildman–Crippen LogP) is 13.8. The largest absolute Gasteiger partial charge is 0.293 e. The van der Waals surface area contributed by atoms with Gasteiger partial charge in [-0.05, 0) is 117 Å². The lowest BCUT2D eigenvalue weighted by molar-refractivity contribution is 0.660. The van der Waals surface area contributed by atoms with Crippen LogP contribution in [0, 0.1) is 13.8 Å². The lowest BCUT2D eigenvalue weighted by Gasteiger charge is -2.21. The Balaban J connectivity index is 1.19. The Morgan fingerprint density at radius 3 is 2.00 bits per heavy atom. The van der Waals surface area contributed by atoms with E-state index in [1.807, 2.05) is 0 Å². The maximum atomic E-state index is 5.59. The molecule has 266 valence electrons. The molecule has 0 saturated heterocycles. The third-order valence-corrected chi connectivity index (χ3v) is 12.3. The molecule has 2 aromatic heterocycles. The number of aryl methyl sites for hydroxylation is 2. The van der Waals surface area contributed by atoms with Crippen LogP contribution >= 0.6 is 0 Å². The van der Waals surface area contributed by atoms with Gasteiger partial charge in [-0.3, -0.25) is 4.57 Å². The van der Waals surface area contributed by atoms with Gasteiger partial charge in [0.25, 0.3) is 0 Å². The molecule has 10 aromatic rings. The van der Waals surface area contributed by atoms with E-state index in [1.54, 1.807) is 0 Å². The number of hydrogen-bond acceptors (Lipinski definition) is 2. The van der Waals surface area contributed by atoms with E-state index in [2.05, 4.69) is 196 Å². The molecule has 0 unspecified atom stereocenters. The lowest BCUT2D eigenvalue weighted by Crippen LogP contribution is -2.14. The molecule has 0 saturated carbocycles. The fraction of sp³-hybridized carbons (Fsp3) is 0.0943. The van der Waals surface area contributed by atoms with Crippen LogP contribution in [0.5, 0.6) is 0 Å². The molecule has 0 amide bonds. The van der Waals surface area contributed by atoms with Crippen LogP contribution in [0.3, 0.4) is 0 Å². The van der Waals surface area contributed by atoms with Crippen molar-refractivity contribution >= 4 is 43.5 Å². The summed E-state index contributed by atoms with van der Waals surface area (Å²) >= 11 is 0. The van der Waals surface area contributed by atoms with Gasteiger partial charge in [0.05, 0.1) is 16.6 Å². The fourth-order valence-electron chi connectivity index (χ4n) is 9.46. The molecule has 0 bridgehead atoms. The van der Waals surface area contributed by atoms with Gasteiger partial charge in [0.15, 0.2) is 5.82 Å². The normalized spacial score (nSPS) is 13.1. The van der Waals surface area contributed by atoms with Crippen molar-refractivity contribution in [3.8, 4) is 50.6 Å². The smallest absolute Gasteiger partial charge is 0.162 e. The van der Waals surface area contributed by atoms with E-state index in [-0.39, 0.29) is 5.41 Å². The average molecular weight is 718 g/mol. The second-order valence-electron chi connectivity index (χ2n) is 15.9. The molecule has 0 radical (unpaired) electrons. The van der Waals surface area contributed by atoms with E-state index in [0.29, 0.717) is 0 Å². The van der Waals surface area contributed by atoms with Crippen molar-refractivity contribution in [1.29, 1.82) is 0 Å². The first-order chi connectivity index (χ1) is 27.4. The molecule has 2 heterocycles. The minimum Gasteiger partial charge on any atom is -0.293 e. The van der Waals surface area contributed by atoms with E-state index >= 15 is 0 Å². The number of rotatable bonds is 4. The van der Waals surface area contributed by atoms with Crippen LogP contribution < -0.4 is 0 Å². The topological polar surface area (TPSA) is 30.7 Å². The van der Waals surface area contributed by atoms with Gasteiger partial charge >= 0.3 is 0 Å². The van der Waals surface area contributed by atoms with Crippen molar-refractivity contribution in [1.82, 2.24) is 14.5 Å². The molecule has 0 N–H and O–H groups in total. The highest BCUT2D eigenvalue weighted by Gasteiger charge is 2.37. The zero-order valence-electron chi connectivity index (χ0n) is 31.9. The number of benzene rings is 8. The third kappa shape index (κ3) is 4.70. The van der Waals surface area contributed by atoms with Crippen molar-refractivity contribution in [2.24, 2.45) is 0 Å². The highest BCUT2D eigenvalue weighted by atomic mass is 15.1. The Hall–Kier alpha value is -6.84. The van der Waals surface area contributed by atoms with Crippen LogP contribution in [-0.2, 0) is 5.41 Å². The molecular formula is C53H39N3. The van der Waals surface area contributed by atoms with Gasteiger partial charge in [0, 0.05) is 27.1 Å². The van der Waals surface area contributed by atoms with Gasteiger partial charge in [0.1, 0.15) is 5.82 Å². The first-order valence-corrected chi connectivity index (χ1v) is 19.5. The Bertz CT molecular complexity index is 3250. The highest BCUT2D eigenvalue weighted by molar-refractivity contribution is 6.22. The minimum absolute atomic E-state index is 0.120. The molecule has 0 atom stereocenters. The zero-order chi connectivity index (χ0) is 37.7. The second kappa shape index (κ2) is 12.1. The molecule has 8 aromatic carbocycles. The Morgan fingerprint density at radius 2 is 1.12 bits per heavy atom. The number of nitrogens with zero attached hydrogens (tertiary/aromatic N) is 3. The van der Waals surface area contributed by atoms with Crippen LogP contribution in [0.4, 0.5) is 0 Å². The summed E-state index contributed by atoms with van der Waals surface area (Å²) in [5.74, 6) is 1.62. The highest BCUT2D eigenvalue weighted by Crippen LogP contribution is 2.52. The number of aromatic nitrogens is 3. The molecule has 3 heteroatoms. The number of fused-ring (bicyclic) bond motifs is 9. The van der Waals surface area contributed by atoms with Crippen molar-refractivity contribution < 1.29 is 0 Å². The summed E-state index contributed by atoms with van der Waals surface area (Å²) in [7, 11) is 0. The van der Waals surface area contributed by atoms with Crippen LogP contribution in [0.25, 0.3) is 94.1 Å². The maximum absolute atomic E-state index is 5.59. The Kier molecular flexibility index (Phi) is 7.03. The van der Waals surface area contributed by atoms with Crippen molar-refractivity contribution in [2.75, 3.05) is 0 Å². The molecule has 0 fully saturated rings. The van der Waals surface area contributed by atoms with Gasteiger partial charge in [-0.15, -0.1) is 0 Å². The van der Waals surface area contributed by atoms with Crippen LogP contribution in [0.15, 0.2) is 164 Å². The summed E-state index contributed by atoms with van der Waals surface area (Å²) in [5, 5.41) is 5.89. The average Bonchev–Trinajstić information content (AvgIpc) is 3.69. The van der Waals surface area contributed by atoms with E-state index < -0.39 is 0 Å². The lowest BCUT2D eigenvalue weighted by atomic mass is 9.82. The maximum Gasteiger partial charge on any atom is 0.162 e. The van der Waals surface area contributed by atoms with E-state index in [0.717, 1.165) is 39.1 Å². The summed E-state index contributed by atoms with van der Waals surface area (Å²) in [4.78, 5) is 10.9. The molecule has 56 heavy (non-hydrogen) atoms. The first kappa shape index (κ1) is 32.6. The molecule has 0 spiro atoms. The monoisotopic (exact) mass is 717 g/mol. The van der Waals surface area contributed by atoms with Gasteiger partial charge in [0.2, 0.25) is 0 Å². The predicted molar refractivity (Wildman–Crippen MR) is 235 cm³/mol. The summed E-state index contributed by atoms with van der Waals surface area (Å²) in [6.45, 7) is 9.05. The van der Waals surface area contributed by atoms with Crippen molar-refractivity contribution in [2.45, 2.75) is 33.1 Å². The zero-order valence-corrected chi connectivity index (χ0v) is 31.9. The van der Waals surface area contributed by atoms with Crippen molar-refractivity contribution in [3.05, 3.63) is 186 Å². The summed E-state index contributed by atoms with van der Waals surface area (Å²) in [6.07, 6.45) is 0. The number of hydrogen-bond donors (Lipinski definition) is 0. The van der Waals surface area contributed by atoms with Crippen LogP contribution in [-0.4, -0.2) is 14.5 Å². The summed E-state index contributed by atoms with van der Waals surface area (Å²) in [5.41, 5.74) is 16.7. The molecule has 3 nitrogen and oxygen atoms in total. The second-order valence-corrected chi connectivity index (χ2v) is 15.9. The quantitative estimate of drug-likeness (QED) is 0.181. The van der Waals surface area contributed by atoms with Crippen LogP contribution in [0.1, 0.15) is 36.1 Å². The fourth-order valence-corrected chi connectivity index (χ4v) is 9.46. The first-order valence-electron chi connectivity index (χ1n) is 19.5. The van der Waals surface area contributed by atoms with E-state index in [1.165, 1.54) is 77.2 Å². The molecule has 1 aliphatic carbocycles. The SMILES string of the molecule is Cc1ccccc1-c1cc(-c2ccc3c(c2)c2c4ccccc4ccc2n3-c2nc(-c3cccc4c3-c3ccccc3C4(C)C)nc3ccccc23)ccc1C. The third-order valence-electron chi connectivity index (χ3n) is 12.3. The van der Waals surface area contributed by atoms with E-state index in [9.17, 15) is 0 Å². The van der Waals surface area contributed by atoms with Crippen LogP contribution in [0.2, 0.25) is 0 Å². The summed E-state index contributed by atoms with van der Waals surface area (Å²) < 4.78 is 2.38. The molecule has 11 rings (SSSR count). The standard InChI is InChI=1S/C53H39N3/c1-32-14-5-7-16-37(32)42-30-35(25-24-33(42)2)36-27-28-47-43(31-36)50-38-17-8-6-15-34(38)26-29-48(50)56(47)52-40-19-10-12-23-46(40)54-51(55-52)41-20-13-22-45-49(41)39-18-9-11-21-44(39)53(45,3)4/h5-31H,1-4H3. The Morgan fingerprint density at radius 1 is 0.464 bits per heavy atom. The number of para-hydroxylation sites is 1. The molecule has 1 aliphatic rings.